The van der Waals surface area contributed by atoms with Crippen molar-refractivity contribution in [1.82, 2.24) is 0 Å². The van der Waals surface area contributed by atoms with Crippen molar-refractivity contribution >= 4 is 27.3 Å². The standard InChI is InChI=1S/C24H26N2O5S/c1-4-30-23-8-6-5-7-22(23)25-24(27)16-31-20-9-11-21(12-10-20)32(28,29)26-19-14-17(2)13-18(3)15-19/h5-15,26H,4,16H2,1-3H3,(H,25,27). The molecule has 0 aromatic heterocycles. The van der Waals surface area contributed by atoms with Gasteiger partial charge in [-0.3, -0.25) is 9.52 Å². The van der Waals surface area contributed by atoms with Gasteiger partial charge in [0, 0.05) is 5.69 Å². The van der Waals surface area contributed by atoms with E-state index in [9.17, 15) is 13.2 Å². The third-order valence-corrected chi connectivity index (χ3v) is 5.84. The number of hydrogen-bond acceptors (Lipinski definition) is 5. The van der Waals surface area contributed by atoms with E-state index in [0.717, 1.165) is 11.1 Å². The smallest absolute Gasteiger partial charge is 0.262 e. The van der Waals surface area contributed by atoms with Gasteiger partial charge in [-0.15, -0.1) is 0 Å². The fraction of sp³-hybridized carbons (Fsp3) is 0.208. The number of nitrogens with one attached hydrogen (secondary N) is 2. The van der Waals surface area contributed by atoms with E-state index < -0.39 is 10.0 Å². The van der Waals surface area contributed by atoms with Gasteiger partial charge in [-0.2, -0.15) is 0 Å². The summed E-state index contributed by atoms with van der Waals surface area (Å²) in [5, 5.41) is 2.74. The molecule has 0 fully saturated rings. The molecule has 3 rings (SSSR count). The van der Waals surface area contributed by atoms with Gasteiger partial charge in [0.05, 0.1) is 17.2 Å². The Kier molecular flexibility index (Phi) is 7.37. The summed E-state index contributed by atoms with van der Waals surface area (Å²) in [7, 11) is -3.74. The Morgan fingerprint density at radius 2 is 1.56 bits per heavy atom. The monoisotopic (exact) mass is 454 g/mol. The summed E-state index contributed by atoms with van der Waals surface area (Å²) in [6, 6.07) is 18.5. The van der Waals surface area contributed by atoms with Crippen LogP contribution in [0, 0.1) is 13.8 Å². The van der Waals surface area contributed by atoms with E-state index in [1.165, 1.54) is 24.3 Å². The van der Waals surface area contributed by atoms with Crippen molar-refractivity contribution in [3.05, 3.63) is 77.9 Å². The second kappa shape index (κ2) is 10.2. The fourth-order valence-electron chi connectivity index (χ4n) is 3.15. The Bertz CT molecular complexity index is 1170. The number of carbonyl (C=O) groups is 1. The molecule has 3 aromatic carbocycles. The molecule has 0 unspecified atom stereocenters. The van der Waals surface area contributed by atoms with Crippen LogP contribution in [0.3, 0.4) is 0 Å². The first kappa shape index (κ1) is 23.1. The van der Waals surface area contributed by atoms with E-state index in [2.05, 4.69) is 10.0 Å². The van der Waals surface area contributed by atoms with Gasteiger partial charge in [0.25, 0.3) is 15.9 Å². The van der Waals surface area contributed by atoms with Crippen molar-refractivity contribution in [1.29, 1.82) is 0 Å². The normalized spacial score (nSPS) is 11.0. The number of sulfonamides is 1. The zero-order valence-corrected chi connectivity index (χ0v) is 19.0. The fourth-order valence-corrected chi connectivity index (χ4v) is 4.19. The highest BCUT2D eigenvalue weighted by Gasteiger charge is 2.15. The molecule has 1 amide bonds. The van der Waals surface area contributed by atoms with E-state index in [-0.39, 0.29) is 17.4 Å². The number of carbonyl (C=O) groups excluding carboxylic acids is 1. The Balaban J connectivity index is 1.60. The van der Waals surface area contributed by atoms with E-state index >= 15 is 0 Å². The number of ether oxygens (including phenoxy) is 2. The van der Waals surface area contributed by atoms with Gasteiger partial charge in [0.15, 0.2) is 6.61 Å². The average Bonchev–Trinajstić information content (AvgIpc) is 2.73. The molecule has 0 spiro atoms. The molecule has 0 saturated heterocycles. The Hall–Kier alpha value is -3.52. The topological polar surface area (TPSA) is 93.7 Å². The summed E-state index contributed by atoms with van der Waals surface area (Å²) < 4.78 is 38.9. The van der Waals surface area contributed by atoms with Crippen LogP contribution < -0.4 is 19.5 Å². The molecule has 0 aliphatic heterocycles. The Labute approximate surface area is 188 Å². The molecule has 7 nitrogen and oxygen atoms in total. The van der Waals surface area contributed by atoms with Crippen molar-refractivity contribution in [2.24, 2.45) is 0 Å². The highest BCUT2D eigenvalue weighted by molar-refractivity contribution is 7.92. The Morgan fingerprint density at radius 3 is 2.22 bits per heavy atom. The number of amides is 1. The van der Waals surface area contributed by atoms with Gasteiger partial charge in [0.1, 0.15) is 11.5 Å². The zero-order valence-electron chi connectivity index (χ0n) is 18.2. The van der Waals surface area contributed by atoms with Gasteiger partial charge in [-0.05, 0) is 80.4 Å². The minimum Gasteiger partial charge on any atom is -0.492 e. The van der Waals surface area contributed by atoms with E-state index in [4.69, 9.17) is 9.47 Å². The van der Waals surface area contributed by atoms with Gasteiger partial charge in [0.2, 0.25) is 0 Å². The summed E-state index contributed by atoms with van der Waals surface area (Å²) in [5.41, 5.74) is 3.00. The molecule has 0 saturated carbocycles. The molecular formula is C24H26N2O5S. The molecule has 32 heavy (non-hydrogen) atoms. The van der Waals surface area contributed by atoms with E-state index in [1.807, 2.05) is 32.9 Å². The largest absolute Gasteiger partial charge is 0.492 e. The van der Waals surface area contributed by atoms with Gasteiger partial charge >= 0.3 is 0 Å². The van der Waals surface area contributed by atoms with Crippen LogP contribution in [0.4, 0.5) is 11.4 Å². The summed E-state index contributed by atoms with van der Waals surface area (Å²) in [4.78, 5) is 12.3. The number of hydrogen-bond donors (Lipinski definition) is 2. The molecule has 168 valence electrons. The average molecular weight is 455 g/mol. The number of anilines is 2. The van der Waals surface area contributed by atoms with Gasteiger partial charge < -0.3 is 14.8 Å². The van der Waals surface area contributed by atoms with Crippen LogP contribution >= 0.6 is 0 Å². The van der Waals surface area contributed by atoms with Crippen molar-refractivity contribution in [2.45, 2.75) is 25.7 Å². The predicted molar refractivity (Wildman–Crippen MR) is 125 cm³/mol. The maximum absolute atomic E-state index is 12.7. The molecule has 2 N–H and O–H groups in total. The zero-order chi connectivity index (χ0) is 23.1. The van der Waals surface area contributed by atoms with Gasteiger partial charge in [-0.25, -0.2) is 8.42 Å². The predicted octanol–water partition coefficient (Wildman–Crippen LogP) is 4.52. The maximum atomic E-state index is 12.7. The summed E-state index contributed by atoms with van der Waals surface area (Å²) in [6.45, 7) is 5.93. The number of benzene rings is 3. The number of aryl methyl sites for hydroxylation is 2. The summed E-state index contributed by atoms with van der Waals surface area (Å²) in [6.07, 6.45) is 0. The molecule has 0 bridgehead atoms. The first-order valence-corrected chi connectivity index (χ1v) is 11.6. The lowest BCUT2D eigenvalue weighted by molar-refractivity contribution is -0.118. The summed E-state index contributed by atoms with van der Waals surface area (Å²) in [5.74, 6) is 0.600. The maximum Gasteiger partial charge on any atom is 0.262 e. The molecule has 0 aliphatic carbocycles. The van der Waals surface area contributed by atoms with Crippen molar-refractivity contribution in [2.75, 3.05) is 23.3 Å². The Morgan fingerprint density at radius 1 is 0.906 bits per heavy atom. The molecule has 3 aromatic rings. The van der Waals surface area contributed by atoms with Crippen LogP contribution in [0.5, 0.6) is 11.5 Å². The quantitative estimate of drug-likeness (QED) is 0.496. The lowest BCUT2D eigenvalue weighted by Gasteiger charge is -2.12. The van der Waals surface area contributed by atoms with Crippen LogP contribution in [0.25, 0.3) is 0 Å². The molecule has 0 heterocycles. The van der Waals surface area contributed by atoms with Crippen LogP contribution in [-0.4, -0.2) is 27.5 Å². The third-order valence-electron chi connectivity index (χ3n) is 4.44. The van der Waals surface area contributed by atoms with Crippen LogP contribution in [-0.2, 0) is 14.8 Å². The van der Waals surface area contributed by atoms with Crippen molar-refractivity contribution in [3.63, 3.8) is 0 Å². The highest BCUT2D eigenvalue weighted by atomic mass is 32.2. The lowest BCUT2D eigenvalue weighted by atomic mass is 10.1. The first-order valence-electron chi connectivity index (χ1n) is 10.1. The summed E-state index contributed by atoms with van der Waals surface area (Å²) >= 11 is 0. The second-order valence-electron chi connectivity index (χ2n) is 7.22. The second-order valence-corrected chi connectivity index (χ2v) is 8.90. The van der Waals surface area contributed by atoms with Crippen molar-refractivity contribution < 1.29 is 22.7 Å². The number of para-hydroxylation sites is 2. The van der Waals surface area contributed by atoms with Crippen LogP contribution in [0.15, 0.2) is 71.6 Å². The minimum absolute atomic E-state index is 0.0964. The van der Waals surface area contributed by atoms with Gasteiger partial charge in [-0.1, -0.05) is 18.2 Å². The number of rotatable bonds is 9. The SMILES string of the molecule is CCOc1ccccc1NC(=O)COc1ccc(S(=O)(=O)Nc2cc(C)cc(C)c2)cc1. The highest BCUT2D eigenvalue weighted by Crippen LogP contribution is 2.24. The van der Waals surface area contributed by atoms with E-state index in [0.29, 0.717) is 29.5 Å². The first-order chi connectivity index (χ1) is 15.3. The third kappa shape index (κ3) is 6.24. The lowest BCUT2D eigenvalue weighted by Crippen LogP contribution is -2.20. The van der Waals surface area contributed by atoms with Crippen molar-refractivity contribution in [3.8, 4) is 11.5 Å². The van der Waals surface area contributed by atoms with Crippen LogP contribution in [0.1, 0.15) is 18.1 Å². The molecule has 0 aliphatic rings. The molecule has 8 heteroatoms. The van der Waals surface area contributed by atoms with E-state index in [1.54, 1.807) is 30.3 Å². The molecular weight excluding hydrogens is 428 g/mol. The van der Waals surface area contributed by atoms with Crippen LogP contribution in [0.2, 0.25) is 0 Å². The molecule has 0 atom stereocenters. The molecule has 0 radical (unpaired) electrons. The minimum atomic E-state index is -3.74.